The molecule has 1 rings (SSSR count). The van der Waals surface area contributed by atoms with Crippen LogP contribution in [0.15, 0.2) is 18.3 Å². The Morgan fingerprint density at radius 2 is 2.50 bits per heavy atom. The van der Waals surface area contributed by atoms with Gasteiger partial charge < -0.3 is 4.74 Å². The summed E-state index contributed by atoms with van der Waals surface area (Å²) in [6, 6.07) is 3.12. The van der Waals surface area contributed by atoms with Crippen LogP contribution in [0, 0.1) is 18.3 Å². The lowest BCUT2D eigenvalue weighted by atomic mass is 10.4. The van der Waals surface area contributed by atoms with E-state index in [9.17, 15) is 4.39 Å². The molecule has 0 bridgehead atoms. The quantitative estimate of drug-likeness (QED) is 0.385. The number of terminal acetylenes is 1. The highest BCUT2D eigenvalue weighted by molar-refractivity contribution is 5.17. The molecule has 0 unspecified atom stereocenters. The molecule has 62 valence electrons. The summed E-state index contributed by atoms with van der Waals surface area (Å²) in [5.74, 6) is 1.93. The lowest BCUT2D eigenvalue weighted by Crippen LogP contribution is -1.98. The van der Waals surface area contributed by atoms with Gasteiger partial charge in [0.05, 0.1) is 6.61 Å². The fraction of sp³-hybridized carbons (Fsp3) is 0.222. The minimum absolute atomic E-state index is 0.146. The molecular weight excluding hydrogens is 157 g/mol. The summed E-state index contributed by atoms with van der Waals surface area (Å²) >= 11 is 0. The van der Waals surface area contributed by atoms with Crippen LogP contribution in [0.1, 0.15) is 6.42 Å². The van der Waals surface area contributed by atoms with Crippen LogP contribution in [0.4, 0.5) is 4.39 Å². The Bertz CT molecular complexity index is 293. The average Bonchev–Trinajstić information content (AvgIpc) is 2.09. The van der Waals surface area contributed by atoms with Crippen molar-refractivity contribution in [3.63, 3.8) is 0 Å². The maximum absolute atomic E-state index is 12.7. The van der Waals surface area contributed by atoms with Crippen molar-refractivity contribution >= 4 is 0 Å². The molecule has 0 aromatic carbocycles. The summed E-state index contributed by atoms with van der Waals surface area (Å²) in [6.07, 6.45) is 6.82. The van der Waals surface area contributed by atoms with Crippen molar-refractivity contribution in [3.05, 3.63) is 24.3 Å². The van der Waals surface area contributed by atoms with Gasteiger partial charge >= 0.3 is 0 Å². The maximum atomic E-state index is 12.7. The van der Waals surface area contributed by atoms with Gasteiger partial charge in [-0.3, -0.25) is 0 Å². The maximum Gasteiger partial charge on any atom is 0.255 e. The van der Waals surface area contributed by atoms with Crippen molar-refractivity contribution in [2.45, 2.75) is 6.42 Å². The van der Waals surface area contributed by atoms with Gasteiger partial charge in [-0.05, 0) is 12.1 Å². The molecule has 1 aromatic rings. The molecule has 0 saturated carbocycles. The molecule has 0 aliphatic rings. The Hall–Kier alpha value is -1.56. The van der Waals surface area contributed by atoms with Gasteiger partial charge in [0.15, 0.2) is 5.75 Å². The summed E-state index contributed by atoms with van der Waals surface area (Å²) < 4.78 is 17.7. The number of hydrogen-bond donors (Lipinski definition) is 0. The molecule has 0 fully saturated rings. The molecule has 1 heterocycles. The molecule has 0 saturated heterocycles. The van der Waals surface area contributed by atoms with Crippen molar-refractivity contribution in [3.8, 4) is 18.1 Å². The number of aromatic nitrogens is 1. The first-order valence-corrected chi connectivity index (χ1v) is 3.51. The third-order valence-corrected chi connectivity index (χ3v) is 1.23. The van der Waals surface area contributed by atoms with E-state index in [0.717, 1.165) is 0 Å². The van der Waals surface area contributed by atoms with Gasteiger partial charge in [0.1, 0.15) is 0 Å². The first-order chi connectivity index (χ1) is 5.84. The van der Waals surface area contributed by atoms with Gasteiger partial charge in [-0.1, -0.05) is 0 Å². The van der Waals surface area contributed by atoms with Crippen LogP contribution in [0.25, 0.3) is 0 Å². The molecule has 0 spiro atoms. The average molecular weight is 165 g/mol. The van der Waals surface area contributed by atoms with Gasteiger partial charge in [0.25, 0.3) is 5.95 Å². The second-order valence-electron chi connectivity index (χ2n) is 2.09. The number of nitrogens with zero attached hydrogens (tertiary/aromatic N) is 1. The van der Waals surface area contributed by atoms with Crippen LogP contribution >= 0.6 is 0 Å². The second kappa shape index (κ2) is 4.35. The van der Waals surface area contributed by atoms with Crippen molar-refractivity contribution in [2.24, 2.45) is 0 Å². The summed E-state index contributed by atoms with van der Waals surface area (Å²) in [5.41, 5.74) is 0. The minimum atomic E-state index is -0.602. The van der Waals surface area contributed by atoms with E-state index in [-0.39, 0.29) is 5.75 Å². The number of ether oxygens (including phenoxy) is 1. The Morgan fingerprint density at radius 3 is 3.17 bits per heavy atom. The topological polar surface area (TPSA) is 22.1 Å². The number of pyridine rings is 1. The normalized spacial score (nSPS) is 9.00. The molecule has 0 amide bonds. The standard InChI is InChI=1S/C9H8FNO/c1-2-3-7-12-8-5-4-6-11-9(8)10/h1,4-6H,3,7H2. The summed E-state index contributed by atoms with van der Waals surface area (Å²) in [6.45, 7) is 0.319. The zero-order valence-corrected chi connectivity index (χ0v) is 6.46. The Morgan fingerprint density at radius 1 is 1.67 bits per heavy atom. The van der Waals surface area contributed by atoms with E-state index >= 15 is 0 Å². The van der Waals surface area contributed by atoms with Gasteiger partial charge in [0.2, 0.25) is 0 Å². The van der Waals surface area contributed by atoms with Crippen LogP contribution < -0.4 is 4.74 Å². The van der Waals surface area contributed by atoms with E-state index in [0.29, 0.717) is 13.0 Å². The largest absolute Gasteiger partial charge is 0.488 e. The molecule has 0 aliphatic carbocycles. The molecule has 0 radical (unpaired) electrons. The van der Waals surface area contributed by atoms with Crippen LogP contribution in [-0.4, -0.2) is 11.6 Å². The predicted octanol–water partition coefficient (Wildman–Crippen LogP) is 1.62. The summed E-state index contributed by atoms with van der Waals surface area (Å²) in [7, 11) is 0. The van der Waals surface area contributed by atoms with Crippen LogP contribution in [0.2, 0.25) is 0 Å². The number of halogens is 1. The lowest BCUT2D eigenvalue weighted by molar-refractivity contribution is 0.305. The molecule has 0 N–H and O–H groups in total. The molecule has 2 nitrogen and oxygen atoms in total. The molecule has 0 aliphatic heterocycles. The highest BCUT2D eigenvalue weighted by Crippen LogP contribution is 2.12. The molecule has 1 aromatic heterocycles. The minimum Gasteiger partial charge on any atom is -0.488 e. The molecule has 12 heavy (non-hydrogen) atoms. The van der Waals surface area contributed by atoms with Crippen LogP contribution in [0.5, 0.6) is 5.75 Å². The lowest BCUT2D eigenvalue weighted by Gasteiger charge is -2.02. The molecular formula is C9H8FNO. The zero-order valence-electron chi connectivity index (χ0n) is 6.46. The van der Waals surface area contributed by atoms with E-state index < -0.39 is 5.95 Å². The van der Waals surface area contributed by atoms with E-state index in [4.69, 9.17) is 11.2 Å². The highest BCUT2D eigenvalue weighted by atomic mass is 19.1. The second-order valence-corrected chi connectivity index (χ2v) is 2.09. The smallest absolute Gasteiger partial charge is 0.255 e. The molecule has 3 heteroatoms. The SMILES string of the molecule is C#CCCOc1cccnc1F. The Kier molecular flexibility index (Phi) is 3.09. The number of rotatable bonds is 3. The van der Waals surface area contributed by atoms with Gasteiger partial charge in [-0.25, -0.2) is 4.98 Å². The van der Waals surface area contributed by atoms with E-state index in [1.807, 2.05) is 0 Å². The monoisotopic (exact) mass is 165 g/mol. The van der Waals surface area contributed by atoms with E-state index in [2.05, 4.69) is 10.9 Å². The van der Waals surface area contributed by atoms with Crippen molar-refractivity contribution in [1.82, 2.24) is 4.98 Å². The fourth-order valence-electron chi connectivity index (χ4n) is 0.699. The van der Waals surface area contributed by atoms with Crippen molar-refractivity contribution in [1.29, 1.82) is 0 Å². The van der Waals surface area contributed by atoms with Crippen molar-refractivity contribution < 1.29 is 9.13 Å². The highest BCUT2D eigenvalue weighted by Gasteiger charge is 2.00. The fourth-order valence-corrected chi connectivity index (χ4v) is 0.699. The van der Waals surface area contributed by atoms with E-state index in [1.54, 1.807) is 6.07 Å². The predicted molar refractivity (Wildman–Crippen MR) is 43.1 cm³/mol. The Labute approximate surface area is 70.4 Å². The summed E-state index contributed by atoms with van der Waals surface area (Å²) in [5, 5.41) is 0. The third-order valence-electron chi connectivity index (χ3n) is 1.23. The van der Waals surface area contributed by atoms with E-state index in [1.165, 1.54) is 12.3 Å². The number of hydrogen-bond acceptors (Lipinski definition) is 2. The zero-order chi connectivity index (χ0) is 8.81. The Balaban J connectivity index is 2.53. The molecule has 0 atom stereocenters. The van der Waals surface area contributed by atoms with Crippen LogP contribution in [-0.2, 0) is 0 Å². The van der Waals surface area contributed by atoms with Crippen molar-refractivity contribution in [2.75, 3.05) is 6.61 Å². The van der Waals surface area contributed by atoms with Crippen LogP contribution in [0.3, 0.4) is 0 Å². The van der Waals surface area contributed by atoms with Gasteiger partial charge in [0, 0.05) is 12.6 Å². The third kappa shape index (κ3) is 2.24. The first kappa shape index (κ1) is 8.54. The van der Waals surface area contributed by atoms with Gasteiger partial charge in [-0.15, -0.1) is 12.3 Å². The summed E-state index contributed by atoms with van der Waals surface area (Å²) in [4.78, 5) is 3.41. The van der Waals surface area contributed by atoms with Gasteiger partial charge in [-0.2, -0.15) is 4.39 Å². The first-order valence-electron chi connectivity index (χ1n) is 3.51.